The summed E-state index contributed by atoms with van der Waals surface area (Å²) in [6.07, 6.45) is 2.79. The summed E-state index contributed by atoms with van der Waals surface area (Å²) >= 11 is 0. The van der Waals surface area contributed by atoms with Gasteiger partial charge in [-0.05, 0) is 63.1 Å². The molecule has 1 aliphatic rings. The van der Waals surface area contributed by atoms with E-state index in [4.69, 9.17) is 11.5 Å². The topological polar surface area (TPSA) is 154 Å². The fourth-order valence-electron chi connectivity index (χ4n) is 3.84. The zero-order chi connectivity index (χ0) is 25.6. The van der Waals surface area contributed by atoms with Crippen molar-refractivity contribution in [2.24, 2.45) is 16.5 Å². The van der Waals surface area contributed by atoms with Crippen molar-refractivity contribution in [3.63, 3.8) is 0 Å². The number of pyridine rings is 1. The number of amidine groups is 1. The summed E-state index contributed by atoms with van der Waals surface area (Å²) in [5, 5.41) is 22.9. The Morgan fingerprint density at radius 3 is 2.51 bits per heavy atom. The summed E-state index contributed by atoms with van der Waals surface area (Å²) in [5.74, 6) is -0.562. The highest BCUT2D eigenvalue weighted by Crippen LogP contribution is 2.29. The Hall–Kier alpha value is -3.97. The first-order chi connectivity index (χ1) is 16.5. The number of hydrogen-bond acceptors (Lipinski definition) is 7. The molecule has 0 saturated carbocycles. The van der Waals surface area contributed by atoms with E-state index in [1.807, 2.05) is 12.1 Å². The lowest BCUT2D eigenvalue weighted by Gasteiger charge is -2.41. The summed E-state index contributed by atoms with van der Waals surface area (Å²) in [7, 11) is 0. The number of carbonyl (C=O) groups excluding carboxylic acids is 1. The lowest BCUT2D eigenvalue weighted by atomic mass is 9.84. The Balaban J connectivity index is 1.77. The molecule has 10 heteroatoms. The Kier molecular flexibility index (Phi) is 7.71. The van der Waals surface area contributed by atoms with Crippen LogP contribution >= 0.6 is 0 Å². The van der Waals surface area contributed by atoms with E-state index in [1.165, 1.54) is 30.5 Å². The SMILES string of the molecule is CC(C)(O)c1cccc(N2CCC(CC#N)(N/C=C(/C(N)=O)C(N)=Nc3ccc(F)cc3)CC2)n1. The number of rotatable bonds is 8. The van der Waals surface area contributed by atoms with Crippen molar-refractivity contribution in [1.29, 1.82) is 5.26 Å². The molecule has 9 nitrogen and oxygen atoms in total. The Morgan fingerprint density at radius 2 is 1.94 bits per heavy atom. The standard InChI is InChI=1S/C25H30FN7O2/c1-24(2,35)20-4-3-5-21(32-20)33-14-11-25(10-13-27,12-15-33)30-16-19(23(29)34)22(28)31-18-8-6-17(26)7-9-18/h3-9,16,30,35H,10-12,14-15H2,1-2H3,(H2,28,31)(H2,29,34)/b19-16+. The van der Waals surface area contributed by atoms with Gasteiger partial charge in [-0.15, -0.1) is 0 Å². The molecule has 1 aromatic heterocycles. The lowest BCUT2D eigenvalue weighted by Crippen LogP contribution is -2.52. The van der Waals surface area contributed by atoms with Gasteiger partial charge in [0.2, 0.25) is 0 Å². The molecular weight excluding hydrogens is 449 g/mol. The number of carbonyl (C=O) groups is 1. The maximum atomic E-state index is 13.1. The summed E-state index contributed by atoms with van der Waals surface area (Å²) in [5.41, 5.74) is 10.8. The van der Waals surface area contributed by atoms with Crippen molar-refractivity contribution < 1.29 is 14.3 Å². The second-order valence-corrected chi connectivity index (χ2v) is 9.08. The van der Waals surface area contributed by atoms with Crippen LogP contribution < -0.4 is 21.7 Å². The van der Waals surface area contributed by atoms with Crippen molar-refractivity contribution in [3.05, 3.63) is 65.7 Å². The molecule has 0 spiro atoms. The van der Waals surface area contributed by atoms with Gasteiger partial charge in [0.1, 0.15) is 23.1 Å². The van der Waals surface area contributed by atoms with Crippen molar-refractivity contribution in [1.82, 2.24) is 10.3 Å². The van der Waals surface area contributed by atoms with Gasteiger partial charge in [-0.25, -0.2) is 14.4 Å². The van der Waals surface area contributed by atoms with E-state index < -0.39 is 22.9 Å². The third-order valence-corrected chi connectivity index (χ3v) is 5.96. The molecule has 1 saturated heterocycles. The Labute approximate surface area is 204 Å². The number of primary amides is 1. The van der Waals surface area contributed by atoms with Gasteiger partial charge in [0, 0.05) is 19.3 Å². The maximum Gasteiger partial charge on any atom is 0.253 e. The van der Waals surface area contributed by atoms with Crippen LogP contribution in [-0.2, 0) is 10.4 Å². The van der Waals surface area contributed by atoms with E-state index >= 15 is 0 Å². The summed E-state index contributed by atoms with van der Waals surface area (Å²) in [6, 6.07) is 13.1. The number of benzene rings is 1. The highest BCUT2D eigenvalue weighted by Gasteiger charge is 2.35. The second-order valence-electron chi connectivity index (χ2n) is 9.08. The number of nitriles is 1. The number of aliphatic hydroxyl groups is 1. The number of nitrogens with one attached hydrogen (secondary N) is 1. The van der Waals surface area contributed by atoms with Crippen molar-refractivity contribution in [2.75, 3.05) is 18.0 Å². The number of anilines is 1. The highest BCUT2D eigenvalue weighted by atomic mass is 19.1. The quantitative estimate of drug-likeness (QED) is 0.257. The van der Waals surface area contributed by atoms with Crippen LogP contribution in [0.15, 0.2) is 59.2 Å². The fourth-order valence-corrected chi connectivity index (χ4v) is 3.84. The molecule has 184 valence electrons. The number of aliphatic imine (C=N–C) groups is 1. The number of nitrogens with two attached hydrogens (primary N) is 2. The second kappa shape index (κ2) is 10.5. The molecule has 0 radical (unpaired) electrons. The molecule has 0 aliphatic carbocycles. The lowest BCUT2D eigenvalue weighted by molar-refractivity contribution is -0.114. The van der Waals surface area contributed by atoms with E-state index in [0.717, 1.165) is 5.82 Å². The van der Waals surface area contributed by atoms with E-state index in [9.17, 15) is 19.6 Å². The molecular formula is C25H30FN7O2. The van der Waals surface area contributed by atoms with E-state index in [-0.39, 0.29) is 17.8 Å². The molecule has 0 atom stereocenters. The van der Waals surface area contributed by atoms with Crippen LogP contribution in [0.3, 0.4) is 0 Å². The fraction of sp³-hybridized carbons (Fsp3) is 0.360. The smallest absolute Gasteiger partial charge is 0.253 e. The molecule has 1 aromatic carbocycles. The zero-order valence-corrected chi connectivity index (χ0v) is 19.8. The molecule has 1 aliphatic heterocycles. The molecule has 2 heterocycles. The Bertz CT molecular complexity index is 1160. The number of aromatic nitrogens is 1. The van der Waals surface area contributed by atoms with Gasteiger partial charge in [0.25, 0.3) is 5.91 Å². The van der Waals surface area contributed by atoms with Crippen molar-refractivity contribution in [3.8, 4) is 6.07 Å². The van der Waals surface area contributed by atoms with Crippen LogP contribution in [0.25, 0.3) is 0 Å². The minimum Gasteiger partial charge on any atom is -0.384 e. The zero-order valence-electron chi connectivity index (χ0n) is 19.8. The van der Waals surface area contributed by atoms with Crippen LogP contribution in [0.4, 0.5) is 15.9 Å². The summed E-state index contributed by atoms with van der Waals surface area (Å²) in [6.45, 7) is 4.58. The number of hydrogen-bond donors (Lipinski definition) is 4. The minimum absolute atomic E-state index is 0.0337. The van der Waals surface area contributed by atoms with Crippen LogP contribution in [0.5, 0.6) is 0 Å². The number of amides is 1. The summed E-state index contributed by atoms with van der Waals surface area (Å²) in [4.78, 5) is 22.9. The van der Waals surface area contributed by atoms with Gasteiger partial charge in [-0.2, -0.15) is 5.26 Å². The van der Waals surface area contributed by atoms with Gasteiger partial charge in [-0.1, -0.05) is 6.07 Å². The van der Waals surface area contributed by atoms with E-state index in [0.29, 0.717) is 37.3 Å². The summed E-state index contributed by atoms with van der Waals surface area (Å²) < 4.78 is 13.1. The van der Waals surface area contributed by atoms with Crippen LogP contribution in [0.1, 0.15) is 38.8 Å². The first-order valence-corrected chi connectivity index (χ1v) is 11.2. The number of nitrogens with zero attached hydrogens (tertiary/aromatic N) is 4. The number of halogens is 1. The first-order valence-electron chi connectivity index (χ1n) is 11.2. The molecule has 35 heavy (non-hydrogen) atoms. The molecule has 2 aromatic rings. The highest BCUT2D eigenvalue weighted by molar-refractivity contribution is 6.20. The van der Waals surface area contributed by atoms with Gasteiger partial charge in [0.05, 0.1) is 35.0 Å². The average molecular weight is 480 g/mol. The third kappa shape index (κ3) is 6.55. The predicted molar refractivity (Wildman–Crippen MR) is 132 cm³/mol. The van der Waals surface area contributed by atoms with Gasteiger partial charge < -0.3 is 26.8 Å². The predicted octanol–water partition coefficient (Wildman–Crippen LogP) is 2.35. The van der Waals surface area contributed by atoms with E-state index in [1.54, 1.807) is 19.9 Å². The third-order valence-electron chi connectivity index (χ3n) is 5.96. The van der Waals surface area contributed by atoms with Crippen LogP contribution in [0, 0.1) is 17.1 Å². The van der Waals surface area contributed by atoms with Gasteiger partial charge in [0.15, 0.2) is 0 Å². The maximum absolute atomic E-state index is 13.1. The minimum atomic E-state index is -1.05. The first kappa shape index (κ1) is 25.6. The van der Waals surface area contributed by atoms with Gasteiger partial charge in [-0.3, -0.25) is 4.79 Å². The largest absolute Gasteiger partial charge is 0.384 e. The van der Waals surface area contributed by atoms with Crippen molar-refractivity contribution >= 4 is 23.2 Å². The monoisotopic (exact) mass is 479 g/mol. The Morgan fingerprint density at radius 1 is 1.29 bits per heavy atom. The van der Waals surface area contributed by atoms with Crippen LogP contribution in [0.2, 0.25) is 0 Å². The molecule has 3 rings (SSSR count). The molecule has 0 unspecified atom stereocenters. The van der Waals surface area contributed by atoms with Gasteiger partial charge >= 0.3 is 0 Å². The number of piperidine rings is 1. The molecule has 1 fully saturated rings. The molecule has 1 amide bonds. The molecule has 6 N–H and O–H groups in total. The van der Waals surface area contributed by atoms with Crippen molar-refractivity contribution in [2.45, 2.75) is 44.2 Å². The van der Waals surface area contributed by atoms with E-state index in [2.05, 4.69) is 26.3 Å². The normalized spacial score (nSPS) is 16.5. The molecule has 0 bridgehead atoms. The average Bonchev–Trinajstić information content (AvgIpc) is 2.81. The van der Waals surface area contributed by atoms with Crippen LogP contribution in [-0.4, -0.2) is 40.5 Å².